The molecule has 25 heavy (non-hydrogen) atoms. The molecule has 0 atom stereocenters. The lowest BCUT2D eigenvalue weighted by molar-refractivity contribution is -0.384. The molecule has 0 radical (unpaired) electrons. The van der Waals surface area contributed by atoms with Gasteiger partial charge in [0, 0.05) is 12.1 Å². The Morgan fingerprint density at radius 2 is 2.12 bits per heavy atom. The Balaban J connectivity index is 1.63. The summed E-state index contributed by atoms with van der Waals surface area (Å²) in [6, 6.07) is 11.9. The maximum Gasteiger partial charge on any atom is 0.331 e. The number of para-hydroxylation sites is 1. The molecule has 0 aliphatic carbocycles. The maximum atomic E-state index is 11.8. The minimum Gasteiger partial charge on any atom is -0.455 e. The summed E-state index contributed by atoms with van der Waals surface area (Å²) in [6.07, 6.45) is 2.64. The molecule has 0 fully saturated rings. The Hall–Kier alpha value is -2.77. The van der Waals surface area contributed by atoms with Crippen molar-refractivity contribution in [2.24, 2.45) is 0 Å². The second kappa shape index (κ2) is 7.42. The molecule has 0 amide bonds. The summed E-state index contributed by atoms with van der Waals surface area (Å²) < 4.78 is 6.17. The fourth-order valence-electron chi connectivity index (χ4n) is 2.10. The lowest BCUT2D eigenvalue weighted by atomic mass is 10.2. The number of nitro benzene ring substituents is 1. The van der Waals surface area contributed by atoms with Gasteiger partial charge in [0.1, 0.15) is 16.6 Å². The molecule has 8 heteroatoms. The molecule has 2 aromatic carbocycles. The number of rotatable bonds is 5. The molecule has 0 unspecified atom stereocenters. The molecule has 0 aliphatic heterocycles. The van der Waals surface area contributed by atoms with E-state index in [0.29, 0.717) is 10.6 Å². The lowest BCUT2D eigenvalue weighted by Crippen LogP contribution is -2.00. The van der Waals surface area contributed by atoms with E-state index in [1.165, 1.54) is 35.6 Å². The van der Waals surface area contributed by atoms with Gasteiger partial charge in [-0.25, -0.2) is 9.78 Å². The van der Waals surface area contributed by atoms with Crippen LogP contribution in [0.4, 0.5) is 5.69 Å². The molecule has 0 N–H and O–H groups in total. The summed E-state index contributed by atoms with van der Waals surface area (Å²) in [4.78, 5) is 26.4. The zero-order chi connectivity index (χ0) is 17.8. The number of nitrogens with zero attached hydrogens (tertiary/aromatic N) is 2. The van der Waals surface area contributed by atoms with Gasteiger partial charge < -0.3 is 4.74 Å². The van der Waals surface area contributed by atoms with Crippen LogP contribution in [0.3, 0.4) is 0 Å². The Labute approximate surface area is 151 Å². The van der Waals surface area contributed by atoms with E-state index in [-0.39, 0.29) is 17.3 Å². The van der Waals surface area contributed by atoms with E-state index in [0.717, 1.165) is 10.2 Å². The van der Waals surface area contributed by atoms with E-state index in [4.69, 9.17) is 16.3 Å². The van der Waals surface area contributed by atoms with Crippen molar-refractivity contribution in [1.29, 1.82) is 0 Å². The predicted octanol–water partition coefficient (Wildman–Crippen LogP) is 4.61. The fourth-order valence-corrected chi connectivity index (χ4v) is 3.17. The first-order valence-electron chi connectivity index (χ1n) is 7.16. The zero-order valence-corrected chi connectivity index (χ0v) is 14.3. The molecule has 6 nitrogen and oxygen atoms in total. The second-order valence-electron chi connectivity index (χ2n) is 4.98. The molecule has 0 saturated heterocycles. The van der Waals surface area contributed by atoms with E-state index >= 15 is 0 Å². The van der Waals surface area contributed by atoms with Gasteiger partial charge in [0.15, 0.2) is 0 Å². The third-order valence-electron chi connectivity index (χ3n) is 3.25. The van der Waals surface area contributed by atoms with Crippen molar-refractivity contribution in [2.45, 2.75) is 6.61 Å². The Kier molecular flexibility index (Phi) is 5.06. The molecule has 126 valence electrons. The van der Waals surface area contributed by atoms with E-state index in [9.17, 15) is 14.9 Å². The molecule has 0 bridgehead atoms. The van der Waals surface area contributed by atoms with Crippen molar-refractivity contribution in [2.75, 3.05) is 0 Å². The number of nitro groups is 1. The van der Waals surface area contributed by atoms with Crippen LogP contribution in [0.25, 0.3) is 16.3 Å². The van der Waals surface area contributed by atoms with Crippen LogP contribution in [-0.4, -0.2) is 15.9 Å². The molecule has 0 saturated carbocycles. The summed E-state index contributed by atoms with van der Waals surface area (Å²) in [7, 11) is 0. The zero-order valence-electron chi connectivity index (χ0n) is 12.7. The van der Waals surface area contributed by atoms with Crippen molar-refractivity contribution >= 4 is 50.9 Å². The number of carbonyl (C=O) groups excluding carboxylic acids is 1. The number of aromatic nitrogens is 1. The molecule has 1 aromatic heterocycles. The van der Waals surface area contributed by atoms with E-state index in [2.05, 4.69) is 4.98 Å². The predicted molar refractivity (Wildman–Crippen MR) is 96.6 cm³/mol. The van der Waals surface area contributed by atoms with Gasteiger partial charge >= 0.3 is 5.97 Å². The van der Waals surface area contributed by atoms with E-state index in [1.807, 2.05) is 24.3 Å². The van der Waals surface area contributed by atoms with Gasteiger partial charge in [-0.3, -0.25) is 10.1 Å². The highest BCUT2D eigenvalue weighted by Gasteiger charge is 2.12. The van der Waals surface area contributed by atoms with E-state index in [1.54, 1.807) is 6.07 Å². The first kappa shape index (κ1) is 17.1. The number of carbonyl (C=O) groups is 1. The SMILES string of the molecule is O=C(C=Cc1ccc(Cl)c([N+](=O)[O-])c1)OCc1nc2ccccc2s1. The maximum absolute atomic E-state index is 11.8. The average Bonchev–Trinajstić information content (AvgIpc) is 3.02. The first-order valence-corrected chi connectivity index (χ1v) is 8.35. The number of thiazole rings is 1. The van der Waals surface area contributed by atoms with Crippen molar-refractivity contribution in [3.8, 4) is 0 Å². The molecular formula is C17H11ClN2O4S. The van der Waals surface area contributed by atoms with Gasteiger partial charge in [0.2, 0.25) is 0 Å². The Morgan fingerprint density at radius 3 is 2.88 bits per heavy atom. The minimum atomic E-state index is -0.578. The van der Waals surface area contributed by atoms with Gasteiger partial charge in [0.25, 0.3) is 5.69 Å². The first-order chi connectivity index (χ1) is 12.0. The number of hydrogen-bond donors (Lipinski definition) is 0. The van der Waals surface area contributed by atoms with Crippen LogP contribution in [0.1, 0.15) is 10.6 Å². The highest BCUT2D eigenvalue weighted by molar-refractivity contribution is 7.18. The van der Waals surface area contributed by atoms with Gasteiger partial charge in [-0.05, 0) is 29.8 Å². The molecule has 0 aliphatic rings. The number of hydrogen-bond acceptors (Lipinski definition) is 6. The fraction of sp³-hybridized carbons (Fsp3) is 0.0588. The topological polar surface area (TPSA) is 82.3 Å². The molecule has 1 heterocycles. The lowest BCUT2D eigenvalue weighted by Gasteiger charge is -1.99. The normalized spacial score (nSPS) is 11.1. The summed E-state index contributed by atoms with van der Waals surface area (Å²) in [5.74, 6) is -0.558. The average molecular weight is 375 g/mol. The second-order valence-corrected chi connectivity index (χ2v) is 6.51. The van der Waals surface area contributed by atoms with Crippen molar-refractivity contribution in [1.82, 2.24) is 4.98 Å². The molecular weight excluding hydrogens is 364 g/mol. The summed E-state index contributed by atoms with van der Waals surface area (Å²) >= 11 is 7.20. The number of halogens is 1. The largest absolute Gasteiger partial charge is 0.455 e. The monoisotopic (exact) mass is 374 g/mol. The van der Waals surface area contributed by atoms with Crippen LogP contribution in [0.15, 0.2) is 48.5 Å². The van der Waals surface area contributed by atoms with Gasteiger partial charge in [-0.1, -0.05) is 29.8 Å². The standard InChI is InChI=1S/C17H11ClN2O4S/c18-12-7-5-11(9-14(12)20(22)23)6-8-17(21)24-10-16-19-13-3-1-2-4-15(13)25-16/h1-9H,10H2. The van der Waals surface area contributed by atoms with Crippen molar-refractivity contribution < 1.29 is 14.5 Å². The third kappa shape index (κ3) is 4.20. The minimum absolute atomic E-state index is 0.0422. The third-order valence-corrected chi connectivity index (χ3v) is 4.58. The number of benzene rings is 2. The Morgan fingerprint density at radius 1 is 1.32 bits per heavy atom. The van der Waals surface area contributed by atoms with Crippen molar-refractivity contribution in [3.05, 3.63) is 74.2 Å². The summed E-state index contributed by atoms with van der Waals surface area (Å²) in [5, 5.41) is 11.6. The number of fused-ring (bicyclic) bond motifs is 1. The molecule has 0 spiro atoms. The van der Waals surface area contributed by atoms with Crippen LogP contribution in [0.5, 0.6) is 0 Å². The van der Waals surface area contributed by atoms with Gasteiger partial charge in [-0.2, -0.15) is 0 Å². The van der Waals surface area contributed by atoms with E-state index < -0.39 is 10.9 Å². The molecule has 3 aromatic rings. The summed E-state index contributed by atoms with van der Waals surface area (Å²) in [5.41, 5.74) is 1.13. The number of ether oxygens (including phenoxy) is 1. The highest BCUT2D eigenvalue weighted by atomic mass is 35.5. The summed E-state index contributed by atoms with van der Waals surface area (Å²) in [6.45, 7) is 0.0727. The van der Waals surface area contributed by atoms with Crippen LogP contribution < -0.4 is 0 Å². The van der Waals surface area contributed by atoms with Gasteiger partial charge in [0.05, 0.1) is 15.1 Å². The van der Waals surface area contributed by atoms with Crippen molar-refractivity contribution in [3.63, 3.8) is 0 Å². The Bertz CT molecular complexity index is 951. The smallest absolute Gasteiger partial charge is 0.331 e. The van der Waals surface area contributed by atoms with Crippen LogP contribution in [0.2, 0.25) is 5.02 Å². The quantitative estimate of drug-likeness (QED) is 0.282. The van der Waals surface area contributed by atoms with Crippen LogP contribution in [0, 0.1) is 10.1 Å². The van der Waals surface area contributed by atoms with Crippen LogP contribution >= 0.6 is 22.9 Å². The van der Waals surface area contributed by atoms with Gasteiger partial charge in [-0.15, -0.1) is 11.3 Å². The highest BCUT2D eigenvalue weighted by Crippen LogP contribution is 2.25. The number of esters is 1. The molecule has 3 rings (SSSR count). The van der Waals surface area contributed by atoms with Crippen LogP contribution in [-0.2, 0) is 16.1 Å².